The second kappa shape index (κ2) is 80.7. The first-order chi connectivity index (χ1) is 64.7. The van der Waals surface area contributed by atoms with Crippen molar-refractivity contribution in [2.75, 3.05) is 85.6 Å². The highest BCUT2D eigenvalue weighted by atomic mass is 79.9. The monoisotopic (exact) mass is 1960 g/mol. The van der Waals surface area contributed by atoms with Crippen LogP contribution in [-0.2, 0) is 86.8 Å². The van der Waals surface area contributed by atoms with E-state index in [9.17, 15) is 34.2 Å². The van der Waals surface area contributed by atoms with Crippen LogP contribution in [0, 0.1) is 19.8 Å². The number of carbonyl (C=O) groups excluding carboxylic acids is 4. The van der Waals surface area contributed by atoms with E-state index in [0.717, 1.165) is 166 Å². The Morgan fingerprint density at radius 1 is 0.400 bits per heavy atom. The molecule has 27 nitrogen and oxygen atoms in total. The van der Waals surface area contributed by atoms with Gasteiger partial charge in [-0.15, -0.1) is 17.0 Å². The number of aromatic hydroxyl groups is 2. The number of aliphatic carboxylic acids is 1. The lowest BCUT2D eigenvalue weighted by molar-refractivity contribution is -0.137. The van der Waals surface area contributed by atoms with Crippen LogP contribution >= 0.6 is 28.6 Å². The summed E-state index contributed by atoms with van der Waals surface area (Å²) in [6, 6.07) is 73.5. The van der Waals surface area contributed by atoms with Crippen molar-refractivity contribution in [3.05, 3.63) is 292 Å². The summed E-state index contributed by atoms with van der Waals surface area (Å²) in [5.74, 6) is 2.34. The number of amides is 3. The average Bonchev–Trinajstić information content (AvgIpc) is 1.91. The van der Waals surface area contributed by atoms with E-state index in [0.29, 0.717) is 61.5 Å². The predicted octanol–water partition coefficient (Wildman–Crippen LogP) is 15.7. The van der Waals surface area contributed by atoms with Gasteiger partial charge in [-0.1, -0.05) is 195 Å². The molecule has 0 bridgehead atoms. The predicted molar refractivity (Wildman–Crippen MR) is 540 cm³/mol. The van der Waals surface area contributed by atoms with Gasteiger partial charge in [0.2, 0.25) is 11.1 Å². The number of ether oxygens (including phenoxy) is 6. The molecule has 0 spiro atoms. The van der Waals surface area contributed by atoms with Gasteiger partial charge in [-0.3, -0.25) is 14.4 Å². The number of alkyl carbamates (subject to hydrolysis) is 2. The number of hydrogen-bond donors (Lipinski definition) is 16. The number of unbranched alkanes of at least 4 members (excludes halogenated alkanes) is 5. The van der Waals surface area contributed by atoms with E-state index in [2.05, 4.69) is 84.7 Å². The molecule has 0 saturated carbocycles. The Hall–Kier alpha value is -10.5. The van der Waals surface area contributed by atoms with Crippen molar-refractivity contribution < 1.29 is 103 Å². The number of aryl methyl sites for hydroxylation is 9. The van der Waals surface area contributed by atoms with Gasteiger partial charge in [0.1, 0.15) is 86.2 Å². The second-order valence-corrected chi connectivity index (χ2v) is 32.7. The molecule has 4 atom stereocenters. The van der Waals surface area contributed by atoms with Gasteiger partial charge in [0, 0.05) is 32.4 Å². The Bertz CT molecular complexity index is 4260. The fourth-order valence-electron chi connectivity index (χ4n) is 11.6. The van der Waals surface area contributed by atoms with Gasteiger partial charge in [0.25, 0.3) is 0 Å². The molecular weight excluding hydrogens is 1810 g/mol. The molecule has 4 unspecified atom stereocenters. The molecule has 10 rings (SSSR count). The fraction of sp³-hybridized carbons (Fsp3) is 0.443. The number of nitrogens with one attached hydrogen (secondary N) is 2. The molecule has 9 aromatic carbocycles. The smallest absolute Gasteiger partial charge is 0.407 e. The van der Waals surface area contributed by atoms with Gasteiger partial charge in [-0.25, -0.2) is 9.59 Å². The summed E-state index contributed by atoms with van der Waals surface area (Å²) >= 11 is 5.08. The number of primary amides is 1. The fourth-order valence-corrected chi connectivity index (χ4v) is 11.7. The molecule has 9 aromatic rings. The Morgan fingerprint density at radius 2 is 0.681 bits per heavy atom. The SMILES string of the molecule is Br.CC(C)CCC(=O)Cl.Cc1ccc(CCCC(=O)O)cc1.Cc1ccc(CCCC(N)=O)cc1.NCCCCc1ccc(O)cc1.NCCCCc1ccc(OCC(O)CO)cc1.NCCCCc1ccc(OCC(O)CO)cc1.O=C(NCCCCc1ccc(O)cc1)OCc1ccccc1.O=C(NCCCCc1ccc(OCC(O)CO)cc1)OCc1ccccc1.OCC1CO1. The van der Waals surface area contributed by atoms with Crippen molar-refractivity contribution >= 4 is 57.9 Å². The lowest BCUT2D eigenvalue weighted by Gasteiger charge is -2.10. The summed E-state index contributed by atoms with van der Waals surface area (Å²) in [5.41, 5.74) is 34.4. The molecule has 135 heavy (non-hydrogen) atoms. The summed E-state index contributed by atoms with van der Waals surface area (Å²) in [6.07, 6.45) is 17.5. The highest BCUT2D eigenvalue weighted by molar-refractivity contribution is 8.93. The number of halogens is 2. The largest absolute Gasteiger partial charge is 0.508 e. The molecule has 1 aliphatic heterocycles. The van der Waals surface area contributed by atoms with Crippen molar-refractivity contribution in [1.29, 1.82) is 0 Å². The minimum Gasteiger partial charge on any atom is -0.508 e. The highest BCUT2D eigenvalue weighted by Crippen LogP contribution is 2.20. The standard InChI is InChI=1S/C21H27NO5.C18H21NO3.2C13H21NO3.C11H15NO.C11H14O2.C10H15NO.C6H11ClO.C3H6O2.BrH/c23-14-19(24)16-26-20-11-9-17(10-12-20)6-4-5-13-22-21(25)27-15-18-7-2-1-3-8-18;20-17-11-9-15(10-12-17)6-4-5-13-19-18(21)22-14-16-7-2-1-3-8-16;2*14-8-2-1-3-11-4-6-13(7-5-11)17-10-12(16)9-15;2*1-9-5-7-10(8-6-9)3-2-4-11(12)13;11-8-2-1-3-9-4-6-10(12)7-5-9;1-5(2)3-4-6(7)8;4-1-3-2-5-3;/h1-3,7-12,19,23-24H,4-6,13-16H2,(H,22,25);1-3,7-12,20H,4-6,13-14H2,(H,19,21);2*4-7,12,15-16H,1-3,8-10,14H2;5-8H,2-4H2,1H3,(H2,12,13);5-8H,2-4H2,1H3,(H,12,13);4-7,12H,1-3,8,11H2;5H,3-4H2,1-2H3;3-4H,1-2H2;1H. The van der Waals surface area contributed by atoms with Gasteiger partial charge in [0.05, 0.1) is 33.0 Å². The number of phenols is 2. The van der Waals surface area contributed by atoms with Crippen LogP contribution in [0.3, 0.4) is 0 Å². The van der Waals surface area contributed by atoms with Crippen LogP contribution in [0.4, 0.5) is 9.59 Å². The molecule has 3 amide bonds. The third kappa shape index (κ3) is 71.6. The van der Waals surface area contributed by atoms with E-state index in [1.807, 2.05) is 165 Å². The number of phenolic OH excluding ortho intramolecular Hbond substituents is 2. The lowest BCUT2D eigenvalue weighted by Crippen LogP contribution is -2.25. The summed E-state index contributed by atoms with van der Waals surface area (Å²) in [7, 11) is 0. The topological polar surface area (TPSA) is 474 Å². The third-order valence-corrected chi connectivity index (χ3v) is 19.8. The number of carboxylic acids is 1. The molecule has 0 aliphatic carbocycles. The van der Waals surface area contributed by atoms with Crippen LogP contribution < -0.4 is 47.8 Å². The number of carboxylic acid groups (broad SMARTS) is 1. The summed E-state index contributed by atoms with van der Waals surface area (Å²) in [5, 5.41) is 93.5. The van der Waals surface area contributed by atoms with E-state index in [1.54, 1.807) is 24.3 Å². The number of carbonyl (C=O) groups is 5. The molecule has 746 valence electrons. The Kier molecular flexibility index (Phi) is 73.2. The summed E-state index contributed by atoms with van der Waals surface area (Å²) in [6.45, 7) is 12.6. The number of benzene rings is 9. The zero-order chi connectivity index (χ0) is 98.4. The number of epoxide rings is 1. The minimum absolute atomic E-state index is 0. The first-order valence-corrected chi connectivity index (χ1v) is 46.6. The second-order valence-electron chi connectivity index (χ2n) is 32.3. The van der Waals surface area contributed by atoms with Crippen molar-refractivity contribution in [2.24, 2.45) is 28.9 Å². The van der Waals surface area contributed by atoms with Gasteiger partial charge >= 0.3 is 18.2 Å². The molecule has 0 radical (unpaired) electrons. The molecule has 20 N–H and O–H groups in total. The van der Waals surface area contributed by atoms with Crippen LogP contribution in [0.5, 0.6) is 28.7 Å². The van der Waals surface area contributed by atoms with E-state index in [1.165, 1.54) is 50.1 Å². The number of nitrogens with two attached hydrogens (primary N) is 4. The molecule has 1 aliphatic rings. The number of rotatable bonds is 50. The van der Waals surface area contributed by atoms with Gasteiger partial charge in [0.15, 0.2) is 0 Å². The average molecular weight is 1960 g/mol. The summed E-state index contributed by atoms with van der Waals surface area (Å²) in [4.78, 5) is 54.0. The summed E-state index contributed by atoms with van der Waals surface area (Å²) < 4.78 is 30.9. The first kappa shape index (κ1) is 122. The van der Waals surface area contributed by atoms with Gasteiger partial charge in [-0.05, 0) is 290 Å². The minimum atomic E-state index is -0.864. The van der Waals surface area contributed by atoms with Crippen LogP contribution in [0.1, 0.15) is 178 Å². The first-order valence-electron chi connectivity index (χ1n) is 46.3. The maximum atomic E-state index is 11.6. The molecule has 29 heteroatoms. The van der Waals surface area contributed by atoms with E-state index in [4.69, 9.17) is 99.1 Å². The van der Waals surface area contributed by atoms with Crippen LogP contribution in [0.2, 0.25) is 0 Å². The van der Waals surface area contributed by atoms with E-state index < -0.39 is 30.4 Å². The highest BCUT2D eigenvalue weighted by Gasteiger charge is 2.20. The third-order valence-electron chi connectivity index (χ3n) is 19.6. The van der Waals surface area contributed by atoms with Crippen LogP contribution in [0.25, 0.3) is 0 Å². The number of aliphatic hydroxyl groups is 7. The molecule has 0 aromatic heterocycles. The zero-order valence-corrected chi connectivity index (χ0v) is 81.7. The lowest BCUT2D eigenvalue weighted by atomic mass is 10.1. The van der Waals surface area contributed by atoms with Crippen molar-refractivity contribution in [2.45, 2.75) is 213 Å². The Labute approximate surface area is 815 Å². The van der Waals surface area contributed by atoms with E-state index in [-0.39, 0.29) is 105 Å². The number of hydrogen-bond acceptors (Lipinski definition) is 23. The van der Waals surface area contributed by atoms with E-state index >= 15 is 0 Å². The van der Waals surface area contributed by atoms with Crippen molar-refractivity contribution in [3.8, 4) is 28.7 Å². The molecular formula is C106H152BrClN6O21. The zero-order valence-electron chi connectivity index (χ0n) is 79.3. The Morgan fingerprint density at radius 3 is 0.926 bits per heavy atom. The number of aliphatic hydroxyl groups excluding tert-OH is 7. The van der Waals surface area contributed by atoms with Gasteiger partial charge in [-0.2, -0.15) is 0 Å². The van der Waals surface area contributed by atoms with Crippen LogP contribution in [-0.4, -0.2) is 190 Å². The Balaban J connectivity index is 0.000000780. The van der Waals surface area contributed by atoms with Crippen molar-refractivity contribution in [3.63, 3.8) is 0 Å². The maximum absolute atomic E-state index is 11.6. The van der Waals surface area contributed by atoms with Crippen molar-refractivity contribution in [1.82, 2.24) is 10.6 Å². The van der Waals surface area contributed by atoms with Crippen LogP contribution in [0.15, 0.2) is 231 Å². The van der Waals surface area contributed by atoms with Gasteiger partial charge < -0.3 is 113 Å². The molecule has 1 saturated heterocycles. The molecule has 1 heterocycles. The molecule has 1 fully saturated rings. The quantitative estimate of drug-likeness (QED) is 0.00956. The maximum Gasteiger partial charge on any atom is 0.407 e. The normalized spacial score (nSPS) is 11.8.